The lowest BCUT2D eigenvalue weighted by atomic mass is 10.2. The first-order valence-corrected chi connectivity index (χ1v) is 7.61. The van der Waals surface area contributed by atoms with Gasteiger partial charge in [-0.25, -0.2) is 4.98 Å². The number of carbonyl (C=O) groups is 1. The molecule has 0 aromatic carbocycles. The number of piperazine rings is 1. The molecule has 1 saturated heterocycles. The fourth-order valence-corrected chi connectivity index (χ4v) is 2.78. The van der Waals surface area contributed by atoms with E-state index in [1.165, 1.54) is 6.26 Å². The van der Waals surface area contributed by atoms with Crippen molar-refractivity contribution < 1.29 is 9.21 Å². The number of hydrogen-bond acceptors (Lipinski definition) is 5. The van der Waals surface area contributed by atoms with Gasteiger partial charge in [-0.3, -0.25) is 4.79 Å². The van der Waals surface area contributed by atoms with Gasteiger partial charge >= 0.3 is 0 Å². The predicted molar refractivity (Wildman–Crippen MR) is 83.5 cm³/mol. The van der Waals surface area contributed by atoms with E-state index in [0.717, 1.165) is 4.47 Å². The molecule has 0 N–H and O–H groups in total. The van der Waals surface area contributed by atoms with Gasteiger partial charge in [0.2, 0.25) is 0 Å². The smallest absolute Gasteiger partial charge is 0.289 e. The molecule has 0 radical (unpaired) electrons. The third-order valence-electron chi connectivity index (χ3n) is 3.55. The molecular formula is C15H13BrN4O2. The minimum Gasteiger partial charge on any atom is -0.459 e. The van der Waals surface area contributed by atoms with Crippen molar-refractivity contribution in [2.24, 2.45) is 0 Å². The zero-order valence-electron chi connectivity index (χ0n) is 11.7. The molecule has 0 unspecified atom stereocenters. The third-order valence-corrected chi connectivity index (χ3v) is 3.99. The Morgan fingerprint density at radius 1 is 1.36 bits per heavy atom. The van der Waals surface area contributed by atoms with Crippen LogP contribution >= 0.6 is 15.9 Å². The highest BCUT2D eigenvalue weighted by atomic mass is 79.9. The second kappa shape index (κ2) is 6.20. The van der Waals surface area contributed by atoms with Gasteiger partial charge in [-0.2, -0.15) is 5.26 Å². The molecular weight excluding hydrogens is 348 g/mol. The Balaban J connectivity index is 1.70. The van der Waals surface area contributed by atoms with Crippen LogP contribution in [0, 0.1) is 11.3 Å². The molecule has 3 heterocycles. The summed E-state index contributed by atoms with van der Waals surface area (Å²) in [6, 6.07) is 7.28. The summed E-state index contributed by atoms with van der Waals surface area (Å²) >= 11 is 3.32. The van der Waals surface area contributed by atoms with E-state index in [-0.39, 0.29) is 5.91 Å². The lowest BCUT2D eigenvalue weighted by Gasteiger charge is -2.35. The Kier molecular flexibility index (Phi) is 4.11. The van der Waals surface area contributed by atoms with Gasteiger partial charge in [0, 0.05) is 36.8 Å². The van der Waals surface area contributed by atoms with Crippen LogP contribution in [0.2, 0.25) is 0 Å². The highest BCUT2D eigenvalue weighted by molar-refractivity contribution is 9.10. The number of aromatic nitrogens is 1. The summed E-state index contributed by atoms with van der Waals surface area (Å²) in [6.45, 7) is 2.41. The van der Waals surface area contributed by atoms with Gasteiger partial charge in [-0.05, 0) is 34.1 Å². The van der Waals surface area contributed by atoms with Crippen LogP contribution in [-0.4, -0.2) is 42.0 Å². The van der Waals surface area contributed by atoms with E-state index in [4.69, 9.17) is 4.42 Å². The Bertz CT molecular complexity index is 716. The zero-order chi connectivity index (χ0) is 15.5. The molecule has 0 aliphatic carbocycles. The minimum atomic E-state index is -0.103. The molecule has 0 saturated carbocycles. The number of hydrogen-bond donors (Lipinski definition) is 0. The molecule has 2 aromatic heterocycles. The van der Waals surface area contributed by atoms with Gasteiger partial charge in [-0.15, -0.1) is 0 Å². The largest absolute Gasteiger partial charge is 0.459 e. The minimum absolute atomic E-state index is 0.103. The lowest BCUT2D eigenvalue weighted by Crippen LogP contribution is -2.49. The van der Waals surface area contributed by atoms with Crippen LogP contribution in [0.15, 0.2) is 39.5 Å². The first kappa shape index (κ1) is 14.6. The van der Waals surface area contributed by atoms with Crippen LogP contribution in [0.25, 0.3) is 0 Å². The molecule has 3 rings (SSSR count). The number of carbonyl (C=O) groups excluding carboxylic acids is 1. The van der Waals surface area contributed by atoms with Crippen molar-refractivity contribution in [2.75, 3.05) is 31.1 Å². The van der Waals surface area contributed by atoms with Crippen molar-refractivity contribution in [1.82, 2.24) is 9.88 Å². The molecule has 6 nitrogen and oxygen atoms in total. The quantitative estimate of drug-likeness (QED) is 0.821. The summed E-state index contributed by atoms with van der Waals surface area (Å²) in [7, 11) is 0. The summed E-state index contributed by atoms with van der Waals surface area (Å²) < 4.78 is 5.92. The summed E-state index contributed by atoms with van der Waals surface area (Å²) in [5.41, 5.74) is 0.528. The van der Waals surface area contributed by atoms with Crippen LogP contribution in [0.5, 0.6) is 0 Å². The number of rotatable bonds is 2. The molecule has 0 atom stereocenters. The van der Waals surface area contributed by atoms with E-state index < -0.39 is 0 Å². The molecule has 22 heavy (non-hydrogen) atoms. The fourth-order valence-electron chi connectivity index (χ4n) is 2.44. The first-order chi connectivity index (χ1) is 10.7. The molecule has 1 aliphatic heterocycles. The van der Waals surface area contributed by atoms with E-state index in [0.29, 0.717) is 43.3 Å². The molecule has 2 aromatic rings. The Hall–Kier alpha value is -2.33. The van der Waals surface area contributed by atoms with E-state index in [9.17, 15) is 10.1 Å². The predicted octanol–water partition coefficient (Wildman–Crippen LogP) is 2.27. The number of amides is 1. The van der Waals surface area contributed by atoms with Crippen LogP contribution in [0.3, 0.4) is 0 Å². The van der Waals surface area contributed by atoms with Crippen molar-refractivity contribution >= 4 is 27.7 Å². The van der Waals surface area contributed by atoms with Crippen LogP contribution in [0.4, 0.5) is 5.82 Å². The monoisotopic (exact) mass is 360 g/mol. The summed E-state index contributed by atoms with van der Waals surface area (Å²) in [4.78, 5) is 20.3. The average molecular weight is 361 g/mol. The maximum absolute atomic E-state index is 12.2. The molecule has 1 amide bonds. The van der Waals surface area contributed by atoms with Crippen LogP contribution in [-0.2, 0) is 0 Å². The maximum atomic E-state index is 12.2. The van der Waals surface area contributed by atoms with Crippen molar-refractivity contribution in [3.05, 3.63) is 46.5 Å². The summed E-state index contributed by atoms with van der Waals surface area (Å²) in [5.74, 6) is 0.914. The van der Waals surface area contributed by atoms with Gasteiger partial charge in [0.15, 0.2) is 5.76 Å². The Morgan fingerprint density at radius 2 is 2.14 bits per heavy atom. The Morgan fingerprint density at radius 3 is 2.77 bits per heavy atom. The topological polar surface area (TPSA) is 73.4 Å². The fraction of sp³-hybridized carbons (Fsp3) is 0.267. The van der Waals surface area contributed by atoms with Crippen molar-refractivity contribution in [2.45, 2.75) is 0 Å². The number of anilines is 1. The van der Waals surface area contributed by atoms with Crippen molar-refractivity contribution in [3.63, 3.8) is 0 Å². The van der Waals surface area contributed by atoms with Crippen molar-refractivity contribution in [1.29, 1.82) is 5.26 Å². The SMILES string of the molecule is N#Cc1cc(Br)cnc1N1CCN(C(=O)c2ccco2)CC1. The average Bonchev–Trinajstić information content (AvgIpc) is 3.08. The Labute approximate surface area is 136 Å². The maximum Gasteiger partial charge on any atom is 0.289 e. The molecule has 0 bridgehead atoms. The van der Waals surface area contributed by atoms with Crippen molar-refractivity contribution in [3.8, 4) is 6.07 Å². The lowest BCUT2D eigenvalue weighted by molar-refractivity contribution is 0.0714. The van der Waals surface area contributed by atoms with E-state index in [2.05, 4.69) is 27.0 Å². The second-order valence-electron chi connectivity index (χ2n) is 4.89. The number of pyridine rings is 1. The molecule has 7 heteroatoms. The highest BCUT2D eigenvalue weighted by Gasteiger charge is 2.25. The number of nitrogens with zero attached hydrogens (tertiary/aromatic N) is 4. The zero-order valence-corrected chi connectivity index (χ0v) is 13.3. The number of halogens is 1. The molecule has 0 spiro atoms. The normalized spacial score (nSPS) is 14.7. The molecule has 112 valence electrons. The van der Waals surface area contributed by atoms with Gasteiger partial charge in [-0.1, -0.05) is 0 Å². The first-order valence-electron chi connectivity index (χ1n) is 6.82. The highest BCUT2D eigenvalue weighted by Crippen LogP contribution is 2.22. The van der Waals surface area contributed by atoms with E-state index >= 15 is 0 Å². The molecule has 1 aliphatic rings. The number of nitriles is 1. The van der Waals surface area contributed by atoms with Gasteiger partial charge < -0.3 is 14.2 Å². The van der Waals surface area contributed by atoms with E-state index in [1.54, 1.807) is 29.3 Å². The van der Waals surface area contributed by atoms with E-state index in [1.807, 2.05) is 4.90 Å². The second-order valence-corrected chi connectivity index (χ2v) is 5.81. The van der Waals surface area contributed by atoms with Crippen LogP contribution in [0.1, 0.15) is 16.1 Å². The number of furan rings is 1. The summed E-state index contributed by atoms with van der Waals surface area (Å²) in [5, 5.41) is 9.22. The molecule has 1 fully saturated rings. The van der Waals surface area contributed by atoms with Crippen LogP contribution < -0.4 is 4.90 Å². The standard InChI is InChI=1S/C15H13BrN4O2/c16-12-8-11(9-17)14(18-10-12)19-3-5-20(6-4-19)15(21)13-2-1-7-22-13/h1-2,7-8,10H,3-6H2. The van der Waals surface area contributed by atoms with Gasteiger partial charge in [0.25, 0.3) is 5.91 Å². The van der Waals surface area contributed by atoms with Gasteiger partial charge in [0.1, 0.15) is 11.9 Å². The third kappa shape index (κ3) is 2.83. The van der Waals surface area contributed by atoms with Gasteiger partial charge in [0.05, 0.1) is 11.8 Å². The summed E-state index contributed by atoms with van der Waals surface area (Å²) in [6.07, 6.45) is 3.17.